The average Bonchev–Trinajstić information content (AvgIpc) is 4.13. The van der Waals surface area contributed by atoms with Crippen molar-refractivity contribution in [2.45, 2.75) is 95.6 Å². The van der Waals surface area contributed by atoms with Gasteiger partial charge < -0.3 is 48.6 Å². The molecular weight excluding hydrogens is 913 g/mol. The van der Waals surface area contributed by atoms with Crippen molar-refractivity contribution in [2.24, 2.45) is 5.92 Å². The van der Waals surface area contributed by atoms with Crippen LogP contribution in [-0.4, -0.2) is 155 Å². The molecule has 4 aromatic heterocycles. The largest absolute Gasteiger partial charge is 0.489 e. The van der Waals surface area contributed by atoms with E-state index in [1.54, 1.807) is 52.3 Å². The van der Waals surface area contributed by atoms with Crippen LogP contribution >= 0.6 is 11.3 Å². The summed E-state index contributed by atoms with van der Waals surface area (Å²) in [5, 5.41) is 12.4. The molecule has 9 rings (SSSR count). The van der Waals surface area contributed by atoms with Crippen LogP contribution in [0.1, 0.15) is 74.5 Å². The van der Waals surface area contributed by atoms with Crippen molar-refractivity contribution in [3.8, 4) is 11.6 Å². The number of thiophene rings is 1. The van der Waals surface area contributed by atoms with Crippen molar-refractivity contribution < 1.29 is 46.7 Å². The second-order valence-corrected chi connectivity index (χ2v) is 19.5. The Morgan fingerprint density at radius 3 is 2.48 bits per heavy atom. The normalized spacial score (nSPS) is 19.8. The summed E-state index contributed by atoms with van der Waals surface area (Å²) in [5.74, 6) is -1.40. The third-order valence-corrected chi connectivity index (χ3v) is 15.1. The SMILES string of the molecule is CN[C@@H](C)C(=O)N[C@H](C(=O)N1CCN(C(=O)c2cc3cc(F)c(F)cc3n2CC(=O)N2CCOC[C@@H]2CCOc2cc(CN3CCC(Oc4ccnc5ccsc45)CC3)on2)CC1)C1CCCCC1. The first-order valence-corrected chi connectivity index (χ1v) is 25.1. The minimum atomic E-state index is -1.10. The smallest absolute Gasteiger partial charge is 0.270 e. The van der Waals surface area contributed by atoms with E-state index < -0.39 is 29.6 Å². The number of carbonyl (C=O) groups is 4. The Bertz CT molecular complexity index is 2600. The van der Waals surface area contributed by atoms with Gasteiger partial charge in [0.05, 0.1) is 54.2 Å². The monoisotopic (exact) mass is 973 g/mol. The number of aromatic nitrogens is 3. The predicted molar refractivity (Wildman–Crippen MR) is 253 cm³/mol. The molecule has 0 radical (unpaired) electrons. The fourth-order valence-corrected chi connectivity index (χ4v) is 10.9. The maximum Gasteiger partial charge on any atom is 0.270 e. The zero-order valence-corrected chi connectivity index (χ0v) is 40.0. The Kier molecular flexibility index (Phi) is 15.4. The highest BCUT2D eigenvalue weighted by Gasteiger charge is 2.37. The Morgan fingerprint density at radius 1 is 0.928 bits per heavy atom. The van der Waals surface area contributed by atoms with Crippen LogP contribution in [0.4, 0.5) is 8.78 Å². The van der Waals surface area contributed by atoms with E-state index in [4.69, 9.17) is 18.7 Å². The standard InChI is InChI=1S/C49H61F2N9O8S/c1-31(52-2)47(62)54-45(32-6-4-3-5-7-32)49(64)58-18-16-57(17-19-58)48(63)41-25-33-24-37(50)38(51)27-40(33)60(41)29-44(61)59-20-22-65-30-34(59)11-21-66-43-26-36(68-55-43)28-56-14-9-35(10-15-56)67-42-8-13-53-39-12-23-69-46(39)42/h8,12-13,23-27,31-32,34-35,45,52H,3-7,9-11,14-22,28-30H2,1-2H3,(H,54,62)/t31-,34-,45-/m0/s1. The fraction of sp³-hybridized carbons (Fsp3) is 0.551. The summed E-state index contributed by atoms with van der Waals surface area (Å²) in [7, 11) is 1.70. The number of halogens is 2. The number of carbonyl (C=O) groups excluding carboxylic acids is 4. The Labute approximate surface area is 403 Å². The zero-order chi connectivity index (χ0) is 48.0. The van der Waals surface area contributed by atoms with Gasteiger partial charge in [-0.25, -0.2) is 8.78 Å². The number of hydrogen-bond donors (Lipinski definition) is 2. The van der Waals surface area contributed by atoms with Gasteiger partial charge in [-0.3, -0.25) is 29.1 Å². The van der Waals surface area contributed by atoms with Gasteiger partial charge in [0.1, 0.15) is 30.1 Å². The summed E-state index contributed by atoms with van der Waals surface area (Å²) in [4.78, 5) is 67.3. The van der Waals surface area contributed by atoms with Gasteiger partial charge in [-0.15, -0.1) is 11.3 Å². The quantitative estimate of drug-likeness (QED) is 0.132. The molecule has 0 spiro atoms. The van der Waals surface area contributed by atoms with Gasteiger partial charge in [-0.05, 0) is 80.4 Å². The highest BCUT2D eigenvalue weighted by molar-refractivity contribution is 7.17. The molecule has 17 nitrogen and oxygen atoms in total. The number of morpholine rings is 1. The molecule has 69 heavy (non-hydrogen) atoms. The first kappa shape index (κ1) is 48.3. The third-order valence-electron chi connectivity index (χ3n) is 14.1. The van der Waals surface area contributed by atoms with Crippen molar-refractivity contribution in [3.05, 3.63) is 71.1 Å². The molecule has 7 heterocycles. The number of amides is 4. The van der Waals surface area contributed by atoms with Crippen LogP contribution in [0.3, 0.4) is 0 Å². The Morgan fingerprint density at radius 2 is 1.70 bits per heavy atom. The molecule has 3 aliphatic heterocycles. The molecule has 3 saturated heterocycles. The summed E-state index contributed by atoms with van der Waals surface area (Å²) in [6.07, 6.45) is 8.85. The number of nitrogens with zero attached hydrogens (tertiary/aromatic N) is 7. The van der Waals surface area contributed by atoms with Crippen molar-refractivity contribution in [3.63, 3.8) is 0 Å². The van der Waals surface area contributed by atoms with Gasteiger partial charge in [-0.2, -0.15) is 0 Å². The predicted octanol–water partition coefficient (Wildman–Crippen LogP) is 5.21. The van der Waals surface area contributed by atoms with E-state index in [0.29, 0.717) is 31.2 Å². The number of piperidine rings is 1. The van der Waals surface area contributed by atoms with E-state index in [1.165, 1.54) is 10.6 Å². The molecule has 1 aromatic carbocycles. The van der Waals surface area contributed by atoms with Gasteiger partial charge in [0.15, 0.2) is 17.4 Å². The molecule has 20 heteroatoms. The van der Waals surface area contributed by atoms with Crippen LogP contribution in [0.15, 0.2) is 52.5 Å². The topological polar surface area (TPSA) is 177 Å². The van der Waals surface area contributed by atoms with Crippen molar-refractivity contribution in [1.82, 2.24) is 44.9 Å². The second-order valence-electron chi connectivity index (χ2n) is 18.6. The lowest BCUT2D eigenvalue weighted by Gasteiger charge is -2.39. The molecular formula is C49H61F2N9O8S. The van der Waals surface area contributed by atoms with Crippen molar-refractivity contribution in [1.29, 1.82) is 0 Å². The van der Waals surface area contributed by atoms with Crippen LogP contribution in [0.2, 0.25) is 0 Å². The van der Waals surface area contributed by atoms with Crippen LogP contribution < -0.4 is 20.1 Å². The van der Waals surface area contributed by atoms with Gasteiger partial charge in [0, 0.05) is 75.9 Å². The molecule has 1 saturated carbocycles. The molecule has 2 N–H and O–H groups in total. The lowest BCUT2D eigenvalue weighted by atomic mass is 9.83. The summed E-state index contributed by atoms with van der Waals surface area (Å²) >= 11 is 1.63. The van der Waals surface area contributed by atoms with E-state index in [1.807, 2.05) is 17.5 Å². The summed E-state index contributed by atoms with van der Waals surface area (Å²) in [6, 6.07) is 7.74. The van der Waals surface area contributed by atoms with Crippen LogP contribution in [0.5, 0.6) is 11.6 Å². The zero-order valence-electron chi connectivity index (χ0n) is 39.2. The Balaban J connectivity index is 0.795. The van der Waals surface area contributed by atoms with E-state index in [2.05, 4.69) is 25.7 Å². The number of likely N-dealkylation sites (tertiary alicyclic amines) is 1. The highest BCUT2D eigenvalue weighted by Crippen LogP contribution is 2.32. The molecule has 5 aromatic rings. The van der Waals surface area contributed by atoms with Crippen molar-refractivity contribution in [2.75, 3.05) is 72.7 Å². The van der Waals surface area contributed by atoms with E-state index >= 15 is 0 Å². The molecule has 4 fully saturated rings. The van der Waals surface area contributed by atoms with Gasteiger partial charge in [-0.1, -0.05) is 19.3 Å². The minimum Gasteiger partial charge on any atom is -0.489 e. The number of fused-ring (bicyclic) bond motifs is 2. The number of hydrogen-bond acceptors (Lipinski definition) is 13. The minimum absolute atomic E-state index is 0.0248. The maximum absolute atomic E-state index is 14.8. The van der Waals surface area contributed by atoms with Gasteiger partial charge in [0.2, 0.25) is 17.7 Å². The lowest BCUT2D eigenvalue weighted by Crippen LogP contribution is -2.59. The van der Waals surface area contributed by atoms with Gasteiger partial charge in [0.25, 0.3) is 11.8 Å². The first-order valence-electron chi connectivity index (χ1n) is 24.2. The van der Waals surface area contributed by atoms with Crippen LogP contribution in [-0.2, 0) is 32.2 Å². The third kappa shape index (κ3) is 11.2. The molecule has 370 valence electrons. The molecule has 4 amide bonds. The molecule has 0 bridgehead atoms. The van der Waals surface area contributed by atoms with E-state index in [0.717, 1.165) is 86.1 Å². The number of piperazine rings is 1. The fourth-order valence-electron chi connectivity index (χ4n) is 10.1. The van der Waals surface area contributed by atoms with Crippen LogP contribution in [0, 0.1) is 17.6 Å². The number of nitrogens with one attached hydrogen (secondary N) is 2. The maximum atomic E-state index is 14.8. The number of likely N-dealkylation sites (N-methyl/N-ethyl adjacent to an activating group) is 1. The summed E-state index contributed by atoms with van der Waals surface area (Å²) in [5.41, 5.74) is 1.26. The summed E-state index contributed by atoms with van der Waals surface area (Å²) in [6.45, 7) is 5.64. The molecule has 3 atom stereocenters. The first-order chi connectivity index (χ1) is 33.5. The number of benzene rings is 1. The average molecular weight is 974 g/mol. The molecule has 1 aliphatic carbocycles. The number of pyridine rings is 1. The van der Waals surface area contributed by atoms with Crippen LogP contribution in [0.25, 0.3) is 21.1 Å². The summed E-state index contributed by atoms with van der Waals surface area (Å²) < 4.78 is 55.7. The number of rotatable bonds is 16. The Hall–Kier alpha value is -5.70. The second kappa shape index (κ2) is 21.9. The van der Waals surface area contributed by atoms with Crippen molar-refractivity contribution >= 4 is 56.1 Å². The number of ether oxygens (including phenoxy) is 3. The van der Waals surface area contributed by atoms with Gasteiger partial charge >= 0.3 is 0 Å². The molecule has 0 unspecified atom stereocenters. The lowest BCUT2D eigenvalue weighted by molar-refractivity contribution is -0.141. The van der Waals surface area contributed by atoms with E-state index in [9.17, 15) is 28.0 Å². The highest BCUT2D eigenvalue weighted by atomic mass is 32.1. The molecule has 4 aliphatic rings. The van der Waals surface area contributed by atoms with E-state index in [-0.39, 0.29) is 105 Å².